The van der Waals surface area contributed by atoms with Crippen LogP contribution in [-0.4, -0.2) is 30.2 Å². The summed E-state index contributed by atoms with van der Waals surface area (Å²) in [4.78, 5) is 17.1. The van der Waals surface area contributed by atoms with Gasteiger partial charge in [0, 0.05) is 64.4 Å². The zero-order valence-electron chi connectivity index (χ0n) is 29.0. The number of rotatable bonds is 8. The Kier molecular flexibility index (Phi) is 8.41. The molecule has 1 atom stereocenters. The predicted octanol–water partition coefficient (Wildman–Crippen LogP) is 8.07. The van der Waals surface area contributed by atoms with Gasteiger partial charge in [0.2, 0.25) is 0 Å². The van der Waals surface area contributed by atoms with Crippen molar-refractivity contribution in [2.45, 2.75) is 26.3 Å². The molecule has 0 bridgehead atoms. The Labute approximate surface area is 300 Å². The molecule has 0 radical (unpaired) electrons. The molecule has 2 heterocycles. The molecule has 1 spiro atoms. The summed E-state index contributed by atoms with van der Waals surface area (Å²) in [5, 5.41) is 10.5. The van der Waals surface area contributed by atoms with E-state index in [1.807, 2.05) is 54.7 Å². The molecule has 7 heteroatoms. The maximum absolute atomic E-state index is 14.7. The lowest BCUT2D eigenvalue weighted by atomic mass is 9.74. The van der Waals surface area contributed by atoms with E-state index in [4.69, 9.17) is 15.6 Å². The minimum Gasteiger partial charge on any atom is -0.456 e. The first-order chi connectivity index (χ1) is 24.9. The van der Waals surface area contributed by atoms with Crippen molar-refractivity contribution in [2.24, 2.45) is 5.10 Å². The number of hydrogen-bond donors (Lipinski definition) is 1. The Balaban J connectivity index is 1.35. The van der Waals surface area contributed by atoms with Gasteiger partial charge in [-0.1, -0.05) is 109 Å². The second-order valence-electron chi connectivity index (χ2n) is 12.8. The lowest BCUT2D eigenvalue weighted by Gasteiger charge is -2.42. The van der Waals surface area contributed by atoms with E-state index >= 15 is 0 Å². The number of nitrogen functional groups attached to an aromatic ring is 1. The third kappa shape index (κ3) is 5.30. The molecule has 6 nitrogen and oxygen atoms in total. The van der Waals surface area contributed by atoms with Gasteiger partial charge in [0.1, 0.15) is 17.0 Å². The molecule has 0 aromatic heterocycles. The molecule has 51 heavy (non-hydrogen) atoms. The molecule has 0 saturated carbocycles. The molecule has 6 aromatic rings. The standard InChI is InChI=1S/C44H39N4O2P/c1-4-47(5-2)39-28-41-38(26-30(39)3)44(37-25-24-32(45)27-40(37)50-41)36-22-14-13-21-35(36)43(49)48(44)46-29-31-16-12-15-23-42(31)51(33-17-8-6-9-18-33)34-19-10-7-11-20-34/h6-29H,4-5,45H2,1-3H3/b46-29+. The monoisotopic (exact) mass is 686 g/mol. The van der Waals surface area contributed by atoms with Crippen LogP contribution in [0.5, 0.6) is 11.5 Å². The fraction of sp³-hybridized carbons (Fsp3) is 0.136. The fourth-order valence-electron chi connectivity index (χ4n) is 7.66. The number of benzene rings is 6. The number of amides is 1. The number of anilines is 2. The fourth-order valence-corrected chi connectivity index (χ4v) is 10.1. The van der Waals surface area contributed by atoms with E-state index in [2.05, 4.69) is 117 Å². The minimum absolute atomic E-state index is 0.172. The van der Waals surface area contributed by atoms with Gasteiger partial charge in [0.15, 0.2) is 0 Å². The van der Waals surface area contributed by atoms with Gasteiger partial charge in [-0.05, 0) is 68.4 Å². The van der Waals surface area contributed by atoms with Gasteiger partial charge < -0.3 is 15.4 Å². The van der Waals surface area contributed by atoms with Crippen LogP contribution in [0.3, 0.4) is 0 Å². The highest BCUT2D eigenvalue weighted by Crippen LogP contribution is 2.58. The molecule has 0 saturated heterocycles. The highest BCUT2D eigenvalue weighted by atomic mass is 31.1. The maximum Gasteiger partial charge on any atom is 0.275 e. The van der Waals surface area contributed by atoms with Crippen LogP contribution in [0.15, 0.2) is 145 Å². The first kappa shape index (κ1) is 32.5. The summed E-state index contributed by atoms with van der Waals surface area (Å²) in [5.74, 6) is 1.12. The molecule has 2 aliphatic heterocycles. The van der Waals surface area contributed by atoms with Crippen molar-refractivity contribution in [3.8, 4) is 11.5 Å². The number of carbonyl (C=O) groups is 1. The molecule has 1 amide bonds. The first-order valence-electron chi connectivity index (χ1n) is 17.4. The van der Waals surface area contributed by atoms with Crippen LogP contribution >= 0.6 is 7.92 Å². The molecule has 2 N–H and O–H groups in total. The number of nitrogens with zero attached hydrogens (tertiary/aromatic N) is 3. The Morgan fingerprint density at radius 3 is 2.08 bits per heavy atom. The minimum atomic E-state index is -1.09. The average molecular weight is 687 g/mol. The summed E-state index contributed by atoms with van der Waals surface area (Å²) in [7, 11) is -0.910. The number of hydrazone groups is 1. The van der Waals surface area contributed by atoms with E-state index in [9.17, 15) is 4.79 Å². The van der Waals surface area contributed by atoms with E-state index < -0.39 is 13.5 Å². The summed E-state index contributed by atoms with van der Waals surface area (Å²) < 4.78 is 6.70. The van der Waals surface area contributed by atoms with E-state index in [-0.39, 0.29) is 5.91 Å². The highest BCUT2D eigenvalue weighted by Gasteiger charge is 2.57. The number of ether oxygens (including phenoxy) is 1. The van der Waals surface area contributed by atoms with Gasteiger partial charge in [-0.15, -0.1) is 0 Å². The van der Waals surface area contributed by atoms with E-state index in [1.165, 1.54) is 10.6 Å². The van der Waals surface area contributed by atoms with Crippen molar-refractivity contribution in [1.29, 1.82) is 0 Å². The summed E-state index contributed by atoms with van der Waals surface area (Å²) >= 11 is 0. The van der Waals surface area contributed by atoms with Gasteiger partial charge in [-0.25, -0.2) is 5.01 Å². The lowest BCUT2D eigenvalue weighted by molar-refractivity contribution is 0.0675. The third-order valence-corrected chi connectivity index (χ3v) is 12.5. The second kappa shape index (κ2) is 13.2. The normalized spacial score (nSPS) is 15.9. The average Bonchev–Trinajstić information content (AvgIpc) is 3.40. The lowest BCUT2D eigenvalue weighted by Crippen LogP contribution is -2.44. The summed E-state index contributed by atoms with van der Waals surface area (Å²) in [5.41, 5.74) is 12.2. The van der Waals surface area contributed by atoms with Crippen molar-refractivity contribution < 1.29 is 9.53 Å². The van der Waals surface area contributed by atoms with Crippen LogP contribution in [0.4, 0.5) is 11.4 Å². The smallest absolute Gasteiger partial charge is 0.275 e. The quantitative estimate of drug-likeness (QED) is 0.0999. The van der Waals surface area contributed by atoms with Crippen LogP contribution < -0.4 is 31.3 Å². The molecule has 0 aliphatic carbocycles. The Bertz CT molecular complexity index is 2250. The van der Waals surface area contributed by atoms with Crippen LogP contribution in [0.1, 0.15) is 52.0 Å². The predicted molar refractivity (Wildman–Crippen MR) is 211 cm³/mol. The van der Waals surface area contributed by atoms with E-state index in [0.29, 0.717) is 22.7 Å². The number of aryl methyl sites for hydroxylation is 1. The second-order valence-corrected chi connectivity index (χ2v) is 15.0. The van der Waals surface area contributed by atoms with Gasteiger partial charge in [0.05, 0.1) is 6.21 Å². The SMILES string of the molecule is CCN(CC)c1cc2c(cc1C)C1(c3ccc(N)cc3O2)c2ccccc2C(=O)N1/N=C/c1ccccc1P(c1ccccc1)c1ccccc1. The number of carbonyl (C=O) groups excluding carboxylic acids is 1. The number of fused-ring (bicyclic) bond motifs is 6. The molecular formula is C44H39N4O2P. The number of nitrogens with two attached hydrogens (primary N) is 1. The van der Waals surface area contributed by atoms with E-state index in [0.717, 1.165) is 51.9 Å². The van der Waals surface area contributed by atoms with Crippen LogP contribution in [-0.2, 0) is 5.54 Å². The number of hydrogen-bond acceptors (Lipinski definition) is 5. The van der Waals surface area contributed by atoms with Crippen molar-refractivity contribution in [2.75, 3.05) is 23.7 Å². The molecular weight excluding hydrogens is 647 g/mol. The molecule has 6 aromatic carbocycles. The summed E-state index contributed by atoms with van der Waals surface area (Å²) in [6.07, 6.45) is 1.87. The van der Waals surface area contributed by atoms with Gasteiger partial charge >= 0.3 is 0 Å². The van der Waals surface area contributed by atoms with Crippen LogP contribution in [0, 0.1) is 6.92 Å². The van der Waals surface area contributed by atoms with Crippen LogP contribution in [0.25, 0.3) is 0 Å². The molecule has 1 unspecified atom stereocenters. The van der Waals surface area contributed by atoms with Crippen LogP contribution in [0.2, 0.25) is 0 Å². The molecule has 2 aliphatic rings. The Morgan fingerprint density at radius 1 is 0.745 bits per heavy atom. The largest absolute Gasteiger partial charge is 0.456 e. The van der Waals surface area contributed by atoms with Gasteiger partial charge in [-0.3, -0.25) is 4.79 Å². The Hall–Kier alpha value is -5.71. The summed E-state index contributed by atoms with van der Waals surface area (Å²) in [6, 6.07) is 47.5. The third-order valence-electron chi connectivity index (χ3n) is 9.98. The van der Waals surface area contributed by atoms with Crippen molar-refractivity contribution >= 4 is 47.3 Å². The topological polar surface area (TPSA) is 71.2 Å². The summed E-state index contributed by atoms with van der Waals surface area (Å²) in [6.45, 7) is 8.15. The van der Waals surface area contributed by atoms with Crippen molar-refractivity contribution in [3.05, 3.63) is 173 Å². The molecule has 0 fully saturated rings. The highest BCUT2D eigenvalue weighted by molar-refractivity contribution is 7.80. The van der Waals surface area contributed by atoms with Gasteiger partial charge in [-0.2, -0.15) is 5.10 Å². The van der Waals surface area contributed by atoms with Crippen molar-refractivity contribution in [1.82, 2.24) is 5.01 Å². The molecule has 8 rings (SSSR count). The zero-order valence-corrected chi connectivity index (χ0v) is 29.8. The Morgan fingerprint density at radius 2 is 1.37 bits per heavy atom. The zero-order chi connectivity index (χ0) is 35.1. The van der Waals surface area contributed by atoms with E-state index in [1.54, 1.807) is 5.01 Å². The van der Waals surface area contributed by atoms with Crippen molar-refractivity contribution in [3.63, 3.8) is 0 Å². The molecule has 252 valence electrons. The van der Waals surface area contributed by atoms with Gasteiger partial charge in [0.25, 0.3) is 5.91 Å². The first-order valence-corrected chi connectivity index (χ1v) is 18.7. The maximum atomic E-state index is 14.7.